The van der Waals surface area contributed by atoms with Crippen LogP contribution in [0.15, 0.2) is 82.7 Å². The summed E-state index contributed by atoms with van der Waals surface area (Å²) in [4.78, 5) is 5.65. The quantitative estimate of drug-likeness (QED) is 0.443. The summed E-state index contributed by atoms with van der Waals surface area (Å²) in [6.45, 7) is 0. The van der Waals surface area contributed by atoms with E-state index in [0.717, 1.165) is 22.5 Å². The fraction of sp³-hybridized carbons (Fsp3) is 0. The van der Waals surface area contributed by atoms with Crippen LogP contribution in [0.3, 0.4) is 0 Å². The van der Waals surface area contributed by atoms with Gasteiger partial charge in [-0.2, -0.15) is 0 Å². The zero-order valence-electron chi connectivity index (χ0n) is 12.9. The molecule has 4 rings (SSSR count). The average Bonchev–Trinajstić information content (AvgIpc) is 3.33. The molecular formula is C21H15NOS. The third-order valence-corrected chi connectivity index (χ3v) is 4.54. The van der Waals surface area contributed by atoms with Crippen LogP contribution in [0, 0.1) is 0 Å². The van der Waals surface area contributed by atoms with Gasteiger partial charge >= 0.3 is 0 Å². The van der Waals surface area contributed by atoms with Crippen molar-refractivity contribution >= 4 is 23.5 Å². The lowest BCUT2D eigenvalue weighted by atomic mass is 10.1. The van der Waals surface area contributed by atoms with E-state index in [1.54, 1.807) is 17.5 Å². The summed E-state index contributed by atoms with van der Waals surface area (Å²) in [6.07, 6.45) is 6.01. The van der Waals surface area contributed by atoms with E-state index in [9.17, 15) is 0 Å². The molecule has 2 heterocycles. The maximum atomic E-state index is 5.89. The van der Waals surface area contributed by atoms with Crippen molar-refractivity contribution in [2.75, 3.05) is 0 Å². The predicted octanol–water partition coefficient (Wildman–Crippen LogP) is 6.24. The van der Waals surface area contributed by atoms with Crippen LogP contribution in [0.4, 0.5) is 0 Å². The molecule has 0 atom stereocenters. The van der Waals surface area contributed by atoms with Gasteiger partial charge in [0.25, 0.3) is 0 Å². The molecule has 0 bridgehead atoms. The van der Waals surface area contributed by atoms with Crippen molar-refractivity contribution in [3.8, 4) is 22.8 Å². The molecule has 2 nitrogen and oxygen atoms in total. The first-order chi connectivity index (χ1) is 11.9. The van der Waals surface area contributed by atoms with Crippen molar-refractivity contribution in [1.82, 2.24) is 4.98 Å². The molecule has 116 valence electrons. The molecule has 0 fully saturated rings. The van der Waals surface area contributed by atoms with E-state index < -0.39 is 0 Å². The molecule has 0 radical (unpaired) electrons. The number of oxazole rings is 1. The summed E-state index contributed by atoms with van der Waals surface area (Å²) in [5.41, 5.74) is 3.17. The number of hydrogen-bond donors (Lipinski definition) is 0. The SMILES string of the molecule is C(=C\c1cccs1)/c1ccc(-c2ncc(-c3ccccc3)o2)cc1. The highest BCUT2D eigenvalue weighted by molar-refractivity contribution is 7.10. The first-order valence-corrected chi connectivity index (χ1v) is 8.60. The molecule has 0 spiro atoms. The first-order valence-electron chi connectivity index (χ1n) is 7.72. The van der Waals surface area contributed by atoms with Crippen LogP contribution in [-0.2, 0) is 0 Å². The topological polar surface area (TPSA) is 26.0 Å². The third-order valence-electron chi connectivity index (χ3n) is 3.70. The van der Waals surface area contributed by atoms with E-state index in [-0.39, 0.29) is 0 Å². The fourth-order valence-electron chi connectivity index (χ4n) is 2.44. The van der Waals surface area contributed by atoms with Crippen LogP contribution >= 0.6 is 11.3 Å². The highest BCUT2D eigenvalue weighted by atomic mass is 32.1. The zero-order valence-corrected chi connectivity index (χ0v) is 13.7. The van der Waals surface area contributed by atoms with Gasteiger partial charge in [-0.05, 0) is 35.2 Å². The van der Waals surface area contributed by atoms with Gasteiger partial charge in [-0.3, -0.25) is 0 Å². The molecule has 0 N–H and O–H groups in total. The summed E-state index contributed by atoms with van der Waals surface area (Å²) in [7, 11) is 0. The van der Waals surface area contributed by atoms with Crippen molar-refractivity contribution in [1.29, 1.82) is 0 Å². The van der Waals surface area contributed by atoms with Gasteiger partial charge < -0.3 is 4.42 Å². The minimum Gasteiger partial charge on any atom is -0.436 e. The zero-order chi connectivity index (χ0) is 16.2. The van der Waals surface area contributed by atoms with Crippen LogP contribution in [0.25, 0.3) is 34.9 Å². The standard InChI is InChI=1S/C21H15NOS/c1-2-5-17(6-3-1)20-15-22-21(23-20)18-11-8-16(9-12-18)10-13-19-7-4-14-24-19/h1-15H/b13-10+. The summed E-state index contributed by atoms with van der Waals surface area (Å²) in [6, 6.07) is 22.4. The number of rotatable bonds is 4. The van der Waals surface area contributed by atoms with E-state index >= 15 is 0 Å². The normalized spacial score (nSPS) is 11.2. The van der Waals surface area contributed by atoms with Gasteiger partial charge in [0.15, 0.2) is 5.76 Å². The Hall–Kier alpha value is -2.91. The van der Waals surface area contributed by atoms with Crippen molar-refractivity contribution in [2.24, 2.45) is 0 Å². The molecule has 0 saturated heterocycles. The van der Waals surface area contributed by atoms with Crippen LogP contribution in [0.5, 0.6) is 0 Å². The number of aromatic nitrogens is 1. The predicted molar refractivity (Wildman–Crippen MR) is 101 cm³/mol. The van der Waals surface area contributed by atoms with Gasteiger partial charge in [-0.15, -0.1) is 11.3 Å². The Morgan fingerprint density at radius 2 is 1.62 bits per heavy atom. The van der Waals surface area contributed by atoms with E-state index in [4.69, 9.17) is 4.42 Å². The number of thiophene rings is 1. The van der Waals surface area contributed by atoms with E-state index in [1.807, 2.05) is 42.5 Å². The third kappa shape index (κ3) is 3.21. The number of nitrogens with zero attached hydrogens (tertiary/aromatic N) is 1. The highest BCUT2D eigenvalue weighted by Gasteiger charge is 2.07. The van der Waals surface area contributed by atoms with Crippen molar-refractivity contribution < 1.29 is 4.42 Å². The lowest BCUT2D eigenvalue weighted by molar-refractivity contribution is 0.589. The molecule has 24 heavy (non-hydrogen) atoms. The lowest BCUT2D eigenvalue weighted by Crippen LogP contribution is -1.77. The van der Waals surface area contributed by atoms with Crippen LogP contribution in [0.1, 0.15) is 10.4 Å². The summed E-state index contributed by atoms with van der Waals surface area (Å²) < 4.78 is 5.89. The van der Waals surface area contributed by atoms with Crippen LogP contribution in [0.2, 0.25) is 0 Å². The Kier molecular flexibility index (Phi) is 4.09. The molecular weight excluding hydrogens is 314 g/mol. The average molecular weight is 329 g/mol. The maximum absolute atomic E-state index is 5.89. The minimum absolute atomic E-state index is 0.641. The fourth-order valence-corrected chi connectivity index (χ4v) is 3.06. The second-order valence-corrected chi connectivity index (χ2v) is 6.35. The molecule has 0 aliphatic carbocycles. The molecule has 2 aromatic heterocycles. The molecule has 0 aliphatic heterocycles. The lowest BCUT2D eigenvalue weighted by Gasteiger charge is -1.98. The molecule has 0 amide bonds. The van der Waals surface area contributed by atoms with Gasteiger partial charge in [0, 0.05) is 16.0 Å². The van der Waals surface area contributed by atoms with Gasteiger partial charge in [0.1, 0.15) is 0 Å². The second-order valence-electron chi connectivity index (χ2n) is 5.37. The van der Waals surface area contributed by atoms with Crippen molar-refractivity contribution in [3.05, 3.63) is 88.7 Å². The summed E-state index contributed by atoms with van der Waals surface area (Å²) in [5.74, 6) is 1.43. The molecule has 3 heteroatoms. The van der Waals surface area contributed by atoms with Gasteiger partial charge in [0.2, 0.25) is 5.89 Å². The van der Waals surface area contributed by atoms with Crippen LogP contribution in [-0.4, -0.2) is 4.98 Å². The van der Waals surface area contributed by atoms with Gasteiger partial charge in [0.05, 0.1) is 6.20 Å². The second kappa shape index (κ2) is 6.69. The summed E-state index contributed by atoms with van der Waals surface area (Å²) >= 11 is 1.73. The number of benzene rings is 2. The van der Waals surface area contributed by atoms with Crippen molar-refractivity contribution in [3.63, 3.8) is 0 Å². The Morgan fingerprint density at radius 3 is 2.38 bits per heavy atom. The molecule has 0 aliphatic rings. The molecule has 0 saturated carbocycles. The van der Waals surface area contributed by atoms with Crippen molar-refractivity contribution in [2.45, 2.75) is 0 Å². The highest BCUT2D eigenvalue weighted by Crippen LogP contribution is 2.26. The maximum Gasteiger partial charge on any atom is 0.226 e. The Labute approximate surface area is 144 Å². The van der Waals surface area contributed by atoms with E-state index in [2.05, 4.69) is 46.8 Å². The van der Waals surface area contributed by atoms with E-state index in [1.165, 1.54) is 4.88 Å². The monoisotopic (exact) mass is 329 g/mol. The van der Waals surface area contributed by atoms with Gasteiger partial charge in [-0.1, -0.05) is 54.6 Å². The van der Waals surface area contributed by atoms with E-state index in [0.29, 0.717) is 5.89 Å². The first kappa shape index (κ1) is 14.7. The molecule has 2 aromatic carbocycles. The summed E-state index contributed by atoms with van der Waals surface area (Å²) in [5, 5.41) is 2.08. The number of hydrogen-bond acceptors (Lipinski definition) is 3. The Morgan fingerprint density at radius 1 is 0.792 bits per heavy atom. The molecule has 4 aromatic rings. The minimum atomic E-state index is 0.641. The van der Waals surface area contributed by atoms with Gasteiger partial charge in [-0.25, -0.2) is 4.98 Å². The Balaban J connectivity index is 1.54. The molecule has 0 unspecified atom stereocenters. The largest absolute Gasteiger partial charge is 0.436 e. The van der Waals surface area contributed by atoms with Crippen LogP contribution < -0.4 is 0 Å². The Bertz CT molecular complexity index is 935. The smallest absolute Gasteiger partial charge is 0.226 e.